The van der Waals surface area contributed by atoms with Gasteiger partial charge < -0.3 is 33.6 Å². The van der Waals surface area contributed by atoms with Crippen molar-refractivity contribution in [1.82, 2.24) is 0 Å². The summed E-state index contributed by atoms with van der Waals surface area (Å²) in [5, 5.41) is 10.1. The van der Waals surface area contributed by atoms with Crippen LogP contribution in [-0.4, -0.2) is 0 Å². The van der Waals surface area contributed by atoms with Crippen LogP contribution in [0.4, 0.5) is 0 Å². The van der Waals surface area contributed by atoms with E-state index in [1.807, 2.05) is 0 Å². The average molecular weight is 861 g/mol. The van der Waals surface area contributed by atoms with E-state index in [1.54, 1.807) is 0 Å². The van der Waals surface area contributed by atoms with E-state index in [1.165, 1.54) is 65.3 Å². The first-order chi connectivity index (χ1) is 26.6. The van der Waals surface area contributed by atoms with Crippen LogP contribution in [0.3, 0.4) is 0 Å². The van der Waals surface area contributed by atoms with Crippen LogP contribution >= 0.6 is 0 Å². The van der Waals surface area contributed by atoms with Crippen LogP contribution < -0.4 is 24.8 Å². The summed E-state index contributed by atoms with van der Waals surface area (Å²) < 4.78 is 12.1. The summed E-state index contributed by atoms with van der Waals surface area (Å²) in [6.07, 6.45) is 4.18. The molecule has 0 aliphatic rings. The van der Waals surface area contributed by atoms with Crippen LogP contribution in [0, 0.1) is 0 Å². The third-order valence-electron chi connectivity index (χ3n) is 10.5. The molecule has 8 aromatic carbocycles. The van der Waals surface area contributed by atoms with Gasteiger partial charge in [-0.3, -0.25) is 0 Å². The fourth-order valence-electron chi connectivity index (χ4n) is 7.80. The second-order valence-electron chi connectivity index (χ2n) is 14.3. The molecule has 0 N–H and O–H groups in total. The van der Waals surface area contributed by atoms with Crippen molar-refractivity contribution in [3.05, 3.63) is 181 Å². The minimum atomic E-state index is 0. The van der Waals surface area contributed by atoms with E-state index >= 15 is 0 Å². The third-order valence-corrected chi connectivity index (χ3v) is 10.5. The Morgan fingerprint density at radius 2 is 0.842 bits per heavy atom. The Morgan fingerprint density at radius 3 is 1.26 bits per heavy atom. The van der Waals surface area contributed by atoms with Crippen molar-refractivity contribution < 1.29 is 59.9 Å². The maximum atomic E-state index is 6.04. The molecule has 0 bridgehead atoms. The minimum Gasteiger partial charge on any atom is -1.00 e. The molecule has 0 radical (unpaired) electrons. The van der Waals surface area contributed by atoms with Gasteiger partial charge in [0, 0.05) is 12.8 Å². The Morgan fingerprint density at radius 1 is 0.421 bits per heavy atom. The topological polar surface area (TPSA) is 26.3 Å². The molecule has 0 saturated carbocycles. The van der Waals surface area contributed by atoms with Gasteiger partial charge in [0.2, 0.25) is 0 Å². The molecular weight excluding hydrogens is 819 g/mol. The zero-order valence-electron chi connectivity index (χ0n) is 32.1. The van der Waals surface area contributed by atoms with E-state index in [0.717, 1.165) is 59.9 Å². The normalized spacial score (nSPS) is 10.8. The van der Waals surface area contributed by atoms with Crippen LogP contribution in [0.5, 0.6) is 0 Å². The number of hydrogen-bond acceptors (Lipinski definition) is 2. The monoisotopic (exact) mass is 858 g/mol. The zero-order chi connectivity index (χ0) is 36.4. The van der Waals surface area contributed by atoms with Crippen molar-refractivity contribution in [2.45, 2.75) is 39.5 Å². The summed E-state index contributed by atoms with van der Waals surface area (Å²) >= 11 is 0. The first-order valence-electron chi connectivity index (χ1n) is 19.2. The predicted octanol–water partition coefficient (Wildman–Crippen LogP) is 9.19. The van der Waals surface area contributed by atoms with Gasteiger partial charge in [-0.25, -0.2) is 0 Å². The number of benzene rings is 6. The molecule has 2 nitrogen and oxygen atoms in total. The number of halogens is 2. The van der Waals surface area contributed by atoms with Crippen LogP contribution in [0.15, 0.2) is 179 Å². The molecule has 10 aromatic rings. The first kappa shape index (κ1) is 41.7. The van der Waals surface area contributed by atoms with Crippen molar-refractivity contribution in [2.75, 3.05) is 0 Å². The molecule has 0 amide bonds. The molecule has 0 unspecified atom stereocenters. The van der Waals surface area contributed by atoms with Crippen LogP contribution in [-0.2, 0) is 39.0 Å². The van der Waals surface area contributed by atoms with Crippen molar-refractivity contribution in [1.29, 1.82) is 0 Å². The van der Waals surface area contributed by atoms with E-state index in [0.29, 0.717) is 0 Å². The number of hydrogen-bond donors (Lipinski definition) is 0. The van der Waals surface area contributed by atoms with Gasteiger partial charge in [0.15, 0.2) is 0 Å². The second-order valence-corrected chi connectivity index (χ2v) is 14.3. The van der Waals surface area contributed by atoms with Gasteiger partial charge in [-0.05, 0) is 81.9 Å². The largest absolute Gasteiger partial charge is 4.00 e. The Balaban J connectivity index is 0.000000183. The average Bonchev–Trinajstić information content (AvgIpc) is 4.04. The summed E-state index contributed by atoms with van der Waals surface area (Å²) in [5.74, 6) is 4.04. The van der Waals surface area contributed by atoms with Crippen molar-refractivity contribution in [3.8, 4) is 44.9 Å². The zero-order valence-corrected chi connectivity index (χ0v) is 36.0. The molecule has 2 aromatic heterocycles. The molecule has 2 heterocycles. The summed E-state index contributed by atoms with van der Waals surface area (Å²) in [5.41, 5.74) is 7.35. The van der Waals surface area contributed by atoms with Crippen molar-refractivity contribution >= 4 is 43.1 Å². The third kappa shape index (κ3) is 8.68. The molecule has 0 saturated heterocycles. The molecule has 0 spiro atoms. The van der Waals surface area contributed by atoms with Gasteiger partial charge >= 0.3 is 26.2 Å². The van der Waals surface area contributed by atoms with E-state index in [2.05, 4.69) is 184 Å². The molecule has 10 rings (SSSR count). The molecular formula is C52H42Cl2O2Zr. The van der Waals surface area contributed by atoms with Crippen LogP contribution in [0.25, 0.3) is 88.0 Å². The van der Waals surface area contributed by atoms with E-state index in [9.17, 15) is 0 Å². The molecule has 0 aliphatic heterocycles. The fraction of sp³-hybridized carbons (Fsp3) is 0.115. The quantitative estimate of drug-likeness (QED) is 0.143. The van der Waals surface area contributed by atoms with E-state index < -0.39 is 0 Å². The maximum Gasteiger partial charge on any atom is 4.00 e. The van der Waals surface area contributed by atoms with Gasteiger partial charge in [0.05, 0.1) is 23.0 Å². The van der Waals surface area contributed by atoms with Gasteiger partial charge in [0.25, 0.3) is 0 Å². The van der Waals surface area contributed by atoms with Gasteiger partial charge in [-0.15, -0.1) is 57.9 Å². The summed E-state index contributed by atoms with van der Waals surface area (Å²) in [6, 6.07) is 60.9. The molecule has 0 atom stereocenters. The smallest absolute Gasteiger partial charge is 1.00 e. The number of fused-ring (bicyclic) bond motifs is 4. The molecule has 5 heteroatoms. The predicted molar refractivity (Wildman–Crippen MR) is 228 cm³/mol. The van der Waals surface area contributed by atoms with Gasteiger partial charge in [0.1, 0.15) is 0 Å². The van der Waals surface area contributed by atoms with Gasteiger partial charge in [-0.1, -0.05) is 133 Å². The van der Waals surface area contributed by atoms with Crippen LogP contribution in [0.1, 0.15) is 38.2 Å². The standard InChI is InChI=1S/2C26H21O.2ClH.Zr/c2*1-2-6-23-13-14-26(27-23)22-16-20-9-5-10-24(25(20)17-22)21-12-11-18-7-3-4-8-19(18)15-21;;;/h2*3-5,7-17H,2,6H2,1H3;2*1H;/q2*-1;;;+4/p-2. The summed E-state index contributed by atoms with van der Waals surface area (Å²) in [7, 11) is 0. The Bertz CT molecular complexity index is 2690. The number of furan rings is 2. The van der Waals surface area contributed by atoms with Crippen molar-refractivity contribution in [2.24, 2.45) is 0 Å². The Hall–Kier alpha value is -4.92. The number of aryl methyl sites for hydroxylation is 2. The molecule has 280 valence electrons. The second kappa shape index (κ2) is 18.6. The minimum absolute atomic E-state index is 0. The summed E-state index contributed by atoms with van der Waals surface area (Å²) in [6.45, 7) is 4.35. The van der Waals surface area contributed by atoms with E-state index in [-0.39, 0.29) is 51.0 Å². The van der Waals surface area contributed by atoms with E-state index in [4.69, 9.17) is 8.83 Å². The first-order valence-corrected chi connectivity index (χ1v) is 19.2. The Kier molecular flexibility index (Phi) is 13.6. The SMILES string of the molecule is CCCc1ccc(-c2cc3c(-c4ccc5ccccc5c4)cccc3[cH-]2)o1.CCCc1ccc(-c2cc3c(-c4ccc5ccccc5c4)cccc3[cH-]2)o1.[Cl-].[Cl-].[Zr+4]. The van der Waals surface area contributed by atoms with Gasteiger partial charge in [-0.2, -0.15) is 0 Å². The molecule has 57 heavy (non-hydrogen) atoms. The van der Waals surface area contributed by atoms with Crippen LogP contribution in [0.2, 0.25) is 0 Å². The summed E-state index contributed by atoms with van der Waals surface area (Å²) in [4.78, 5) is 0. The molecule has 0 aliphatic carbocycles. The maximum absolute atomic E-state index is 6.04. The fourth-order valence-corrected chi connectivity index (χ4v) is 7.80. The number of rotatable bonds is 8. The Labute approximate surface area is 366 Å². The van der Waals surface area contributed by atoms with Crippen molar-refractivity contribution in [3.63, 3.8) is 0 Å². The molecule has 0 fully saturated rings.